The van der Waals surface area contributed by atoms with Gasteiger partial charge >= 0.3 is 0 Å². The van der Waals surface area contributed by atoms with Gasteiger partial charge in [-0.25, -0.2) is 0 Å². The van der Waals surface area contributed by atoms with Crippen LogP contribution < -0.4 is 15.8 Å². The fourth-order valence-corrected chi connectivity index (χ4v) is 2.39. The zero-order valence-electron chi connectivity index (χ0n) is 12.0. The lowest BCUT2D eigenvalue weighted by Gasteiger charge is -2.09. The summed E-state index contributed by atoms with van der Waals surface area (Å²) < 4.78 is 10.6. The van der Waals surface area contributed by atoms with Crippen LogP contribution in [0.3, 0.4) is 0 Å². The second-order valence-corrected chi connectivity index (χ2v) is 5.07. The van der Waals surface area contributed by atoms with Crippen LogP contribution in [0.5, 0.6) is 5.75 Å². The molecule has 5 nitrogen and oxygen atoms in total. The summed E-state index contributed by atoms with van der Waals surface area (Å²) in [7, 11) is 1.58. The fourth-order valence-electron chi connectivity index (χ4n) is 2.13. The number of methoxy groups -OCH3 is 1. The Labute approximate surface area is 147 Å². The minimum atomic E-state index is 0. The van der Waals surface area contributed by atoms with Gasteiger partial charge in [0.2, 0.25) is 0 Å². The van der Waals surface area contributed by atoms with Crippen LogP contribution in [-0.4, -0.2) is 32.3 Å². The summed E-state index contributed by atoms with van der Waals surface area (Å²) in [6.07, 6.45) is 3.51. The van der Waals surface area contributed by atoms with Gasteiger partial charge in [0.25, 0.3) is 0 Å². The summed E-state index contributed by atoms with van der Waals surface area (Å²) in [5, 5.41) is 3.54. The highest BCUT2D eigenvalue weighted by Crippen LogP contribution is 2.27. The first-order valence-electron chi connectivity index (χ1n) is 6.71. The predicted molar refractivity (Wildman–Crippen MR) is 97.1 cm³/mol. The maximum absolute atomic E-state index is 6.04. The largest absolute Gasteiger partial charge is 0.495 e. The van der Waals surface area contributed by atoms with Gasteiger partial charge in [-0.1, -0.05) is 11.6 Å². The number of benzene rings is 1. The molecule has 0 saturated carbocycles. The van der Waals surface area contributed by atoms with E-state index >= 15 is 0 Å². The summed E-state index contributed by atoms with van der Waals surface area (Å²) in [6, 6.07) is 5.38. The molecule has 1 fully saturated rings. The summed E-state index contributed by atoms with van der Waals surface area (Å²) in [4.78, 5) is 4.28. The van der Waals surface area contributed by atoms with E-state index in [1.165, 1.54) is 0 Å². The first-order valence-corrected chi connectivity index (χ1v) is 7.09. The van der Waals surface area contributed by atoms with E-state index < -0.39 is 0 Å². The van der Waals surface area contributed by atoms with Crippen LogP contribution in [0.25, 0.3) is 0 Å². The maximum atomic E-state index is 6.04. The van der Waals surface area contributed by atoms with Gasteiger partial charge < -0.3 is 20.5 Å². The zero-order chi connectivity index (χ0) is 14.4. The normalized spacial score (nSPS) is 18.2. The average molecular weight is 426 g/mol. The zero-order valence-corrected chi connectivity index (χ0v) is 15.1. The minimum absolute atomic E-state index is 0. The van der Waals surface area contributed by atoms with Crippen LogP contribution in [-0.2, 0) is 4.74 Å². The lowest BCUT2D eigenvalue weighted by atomic mass is 10.2. The third kappa shape index (κ3) is 5.88. The molecule has 7 heteroatoms. The lowest BCUT2D eigenvalue weighted by molar-refractivity contribution is 0.106. The van der Waals surface area contributed by atoms with Gasteiger partial charge in [-0.05, 0) is 37.5 Å². The summed E-state index contributed by atoms with van der Waals surface area (Å²) in [5.74, 6) is 1.01. The van der Waals surface area contributed by atoms with E-state index in [1.807, 2.05) is 6.07 Å². The first-order chi connectivity index (χ1) is 9.69. The van der Waals surface area contributed by atoms with Gasteiger partial charge in [0, 0.05) is 18.8 Å². The maximum Gasteiger partial charge on any atom is 0.193 e. The van der Waals surface area contributed by atoms with Gasteiger partial charge in [0.15, 0.2) is 5.96 Å². The molecular formula is C14H21ClIN3O2. The van der Waals surface area contributed by atoms with Crippen molar-refractivity contribution < 1.29 is 9.47 Å². The van der Waals surface area contributed by atoms with Gasteiger partial charge in [-0.15, -0.1) is 24.0 Å². The third-order valence-electron chi connectivity index (χ3n) is 3.18. The number of ether oxygens (including phenoxy) is 2. The smallest absolute Gasteiger partial charge is 0.193 e. The molecule has 1 aromatic rings. The number of rotatable bonds is 5. The van der Waals surface area contributed by atoms with Crippen molar-refractivity contribution in [1.82, 2.24) is 0 Å². The first kappa shape index (κ1) is 18.3. The lowest BCUT2D eigenvalue weighted by Crippen LogP contribution is -2.23. The molecule has 0 bridgehead atoms. The Kier molecular flexibility index (Phi) is 8.13. The molecule has 3 N–H and O–H groups in total. The number of hydrogen-bond donors (Lipinski definition) is 2. The molecule has 118 valence electrons. The monoisotopic (exact) mass is 425 g/mol. The van der Waals surface area contributed by atoms with Crippen LogP contribution in [0, 0.1) is 0 Å². The van der Waals surface area contributed by atoms with Gasteiger partial charge in [0.1, 0.15) is 5.75 Å². The number of nitrogens with one attached hydrogen (secondary N) is 1. The van der Waals surface area contributed by atoms with E-state index in [0.717, 1.165) is 31.6 Å². The molecule has 1 saturated heterocycles. The molecule has 1 aliphatic rings. The van der Waals surface area contributed by atoms with Gasteiger partial charge in [-0.2, -0.15) is 0 Å². The van der Waals surface area contributed by atoms with Crippen LogP contribution in [0.15, 0.2) is 23.2 Å². The van der Waals surface area contributed by atoms with Gasteiger partial charge in [0.05, 0.1) is 18.2 Å². The van der Waals surface area contributed by atoms with E-state index in [0.29, 0.717) is 29.4 Å². The van der Waals surface area contributed by atoms with Crippen LogP contribution >= 0.6 is 35.6 Å². The Hall–Kier alpha value is -0.730. The molecule has 0 aromatic heterocycles. The third-order valence-corrected chi connectivity index (χ3v) is 3.48. The molecule has 1 atom stereocenters. The van der Waals surface area contributed by atoms with Crippen molar-refractivity contribution in [3.05, 3.63) is 23.2 Å². The summed E-state index contributed by atoms with van der Waals surface area (Å²) in [6.45, 7) is 1.53. The van der Waals surface area contributed by atoms with E-state index in [1.54, 1.807) is 19.2 Å². The van der Waals surface area contributed by atoms with Crippen molar-refractivity contribution in [1.29, 1.82) is 0 Å². The highest BCUT2D eigenvalue weighted by molar-refractivity contribution is 14.0. The molecular weight excluding hydrogens is 405 g/mol. The second-order valence-electron chi connectivity index (χ2n) is 4.66. The Morgan fingerprint density at radius 2 is 2.38 bits per heavy atom. The summed E-state index contributed by atoms with van der Waals surface area (Å²) >= 11 is 6.04. The van der Waals surface area contributed by atoms with Crippen molar-refractivity contribution in [3.8, 4) is 5.75 Å². The van der Waals surface area contributed by atoms with Crippen molar-refractivity contribution >= 4 is 47.2 Å². The number of nitrogens with two attached hydrogens (primary N) is 1. The Morgan fingerprint density at radius 3 is 3.00 bits per heavy atom. The highest BCUT2D eigenvalue weighted by Gasteiger charge is 2.14. The molecule has 1 aromatic carbocycles. The Morgan fingerprint density at radius 1 is 1.57 bits per heavy atom. The molecule has 1 heterocycles. The van der Waals surface area contributed by atoms with Gasteiger partial charge in [-0.3, -0.25) is 4.99 Å². The molecule has 0 aliphatic carbocycles. The number of hydrogen-bond acceptors (Lipinski definition) is 3. The van der Waals surface area contributed by atoms with Crippen LogP contribution in [0.1, 0.15) is 19.3 Å². The van der Waals surface area contributed by atoms with Crippen molar-refractivity contribution in [2.24, 2.45) is 10.7 Å². The number of guanidine groups is 1. The minimum Gasteiger partial charge on any atom is -0.495 e. The molecule has 1 aliphatic heterocycles. The quantitative estimate of drug-likeness (QED) is 0.432. The molecule has 21 heavy (non-hydrogen) atoms. The highest BCUT2D eigenvalue weighted by atomic mass is 127. The average Bonchev–Trinajstić information content (AvgIpc) is 2.92. The molecule has 0 radical (unpaired) electrons. The van der Waals surface area contributed by atoms with Crippen molar-refractivity contribution in [2.45, 2.75) is 25.4 Å². The van der Waals surface area contributed by atoms with E-state index in [-0.39, 0.29) is 24.0 Å². The topological polar surface area (TPSA) is 68.9 Å². The SMILES string of the molecule is COc1ccc(NC(N)=NCCC2CCCO2)cc1Cl.I. The molecule has 0 amide bonds. The van der Waals surface area contributed by atoms with E-state index in [9.17, 15) is 0 Å². The molecule has 1 unspecified atom stereocenters. The van der Waals surface area contributed by atoms with E-state index in [4.69, 9.17) is 26.8 Å². The van der Waals surface area contributed by atoms with Crippen molar-refractivity contribution in [3.63, 3.8) is 0 Å². The summed E-state index contributed by atoms with van der Waals surface area (Å²) in [5.41, 5.74) is 6.62. The number of anilines is 1. The Bertz CT molecular complexity index is 479. The van der Waals surface area contributed by atoms with Crippen LogP contribution in [0.2, 0.25) is 5.02 Å². The fraction of sp³-hybridized carbons (Fsp3) is 0.500. The van der Waals surface area contributed by atoms with E-state index in [2.05, 4.69) is 10.3 Å². The number of halogens is 2. The number of aliphatic imine (C=N–C) groups is 1. The van der Waals surface area contributed by atoms with Crippen molar-refractivity contribution in [2.75, 3.05) is 25.6 Å². The number of nitrogens with zero attached hydrogens (tertiary/aromatic N) is 1. The second kappa shape index (κ2) is 9.32. The molecule has 2 rings (SSSR count). The molecule has 0 spiro atoms. The Balaban J connectivity index is 0.00000220. The standard InChI is InChI=1S/C14H20ClN3O2.HI/c1-19-13-5-4-10(9-12(13)15)18-14(16)17-7-6-11-3-2-8-20-11;/h4-5,9,11H,2-3,6-8H2,1H3,(H3,16,17,18);1H. The predicted octanol–water partition coefficient (Wildman–Crippen LogP) is 3.26. The van der Waals surface area contributed by atoms with Crippen LogP contribution in [0.4, 0.5) is 5.69 Å².